The number of piperidine rings is 1. The molecule has 2 aromatic rings. The number of rotatable bonds is 6. The Morgan fingerprint density at radius 2 is 1.82 bits per heavy atom. The van der Waals surface area contributed by atoms with Gasteiger partial charge in [0.1, 0.15) is 0 Å². The van der Waals surface area contributed by atoms with E-state index >= 15 is 0 Å². The molecule has 1 aliphatic rings. The number of nitrogens with zero attached hydrogens (tertiary/aromatic N) is 2. The molecule has 1 saturated heterocycles. The van der Waals surface area contributed by atoms with Gasteiger partial charge in [-0.05, 0) is 50.3 Å². The summed E-state index contributed by atoms with van der Waals surface area (Å²) < 4.78 is 0. The summed E-state index contributed by atoms with van der Waals surface area (Å²) in [5.74, 6) is 0.289. The van der Waals surface area contributed by atoms with E-state index in [9.17, 15) is 9.59 Å². The first kappa shape index (κ1) is 20.1. The van der Waals surface area contributed by atoms with Crippen molar-refractivity contribution in [2.24, 2.45) is 0 Å². The highest BCUT2D eigenvalue weighted by Gasteiger charge is 2.26. The first-order valence-electron chi connectivity index (χ1n) is 10.1. The van der Waals surface area contributed by atoms with Crippen LogP contribution in [0.3, 0.4) is 0 Å². The Labute approximate surface area is 167 Å². The molecular formula is C23H29N3O2. The monoisotopic (exact) mass is 379 g/mol. The van der Waals surface area contributed by atoms with E-state index in [1.807, 2.05) is 42.2 Å². The molecule has 0 radical (unpaired) electrons. The Morgan fingerprint density at radius 3 is 2.50 bits per heavy atom. The van der Waals surface area contributed by atoms with Gasteiger partial charge in [0.15, 0.2) is 0 Å². The number of pyridine rings is 1. The fraction of sp³-hybridized carbons (Fsp3) is 0.435. The fourth-order valence-corrected chi connectivity index (χ4v) is 3.78. The van der Waals surface area contributed by atoms with Crippen LogP contribution >= 0.6 is 0 Å². The van der Waals surface area contributed by atoms with Crippen molar-refractivity contribution in [2.75, 3.05) is 19.6 Å². The minimum atomic E-state index is -0.0513. The highest BCUT2D eigenvalue weighted by Crippen LogP contribution is 2.29. The van der Waals surface area contributed by atoms with Crippen molar-refractivity contribution in [1.82, 2.24) is 15.2 Å². The van der Waals surface area contributed by atoms with Gasteiger partial charge in [0.2, 0.25) is 5.91 Å². The van der Waals surface area contributed by atoms with Gasteiger partial charge in [-0.15, -0.1) is 0 Å². The van der Waals surface area contributed by atoms with Gasteiger partial charge < -0.3 is 10.2 Å². The SMILES string of the molecule is CC(=O)N1CCC(c2nc(C)ccc2C(=O)NCCCc2ccccc2)CC1. The number of hydrogen-bond acceptors (Lipinski definition) is 3. The molecule has 0 aliphatic carbocycles. The Balaban J connectivity index is 1.60. The average molecular weight is 380 g/mol. The second-order valence-electron chi connectivity index (χ2n) is 7.51. The third-order valence-electron chi connectivity index (χ3n) is 5.41. The topological polar surface area (TPSA) is 62.3 Å². The quantitative estimate of drug-likeness (QED) is 0.782. The first-order chi connectivity index (χ1) is 13.5. The van der Waals surface area contributed by atoms with E-state index in [0.29, 0.717) is 12.1 Å². The maximum Gasteiger partial charge on any atom is 0.253 e. The lowest BCUT2D eigenvalue weighted by Crippen LogP contribution is -2.37. The number of carbonyl (C=O) groups excluding carboxylic acids is 2. The second-order valence-corrected chi connectivity index (χ2v) is 7.51. The molecule has 1 aromatic carbocycles. The predicted molar refractivity (Wildman–Crippen MR) is 110 cm³/mol. The van der Waals surface area contributed by atoms with Crippen molar-refractivity contribution < 1.29 is 9.59 Å². The smallest absolute Gasteiger partial charge is 0.253 e. The summed E-state index contributed by atoms with van der Waals surface area (Å²) in [5.41, 5.74) is 3.76. The maximum atomic E-state index is 12.8. The van der Waals surface area contributed by atoms with E-state index in [-0.39, 0.29) is 17.7 Å². The molecule has 5 nitrogen and oxygen atoms in total. The number of hydrogen-bond donors (Lipinski definition) is 1. The Morgan fingerprint density at radius 1 is 1.11 bits per heavy atom. The molecule has 0 bridgehead atoms. The van der Waals surface area contributed by atoms with E-state index in [2.05, 4.69) is 17.4 Å². The summed E-state index contributed by atoms with van der Waals surface area (Å²) in [6.45, 7) is 5.67. The maximum absolute atomic E-state index is 12.8. The number of likely N-dealkylation sites (tertiary alicyclic amines) is 1. The molecule has 28 heavy (non-hydrogen) atoms. The van der Waals surface area contributed by atoms with Crippen molar-refractivity contribution in [3.63, 3.8) is 0 Å². The lowest BCUT2D eigenvalue weighted by atomic mass is 9.90. The first-order valence-corrected chi connectivity index (χ1v) is 10.1. The number of aryl methyl sites for hydroxylation is 2. The van der Waals surface area contributed by atoms with Crippen LogP contribution in [0.2, 0.25) is 0 Å². The van der Waals surface area contributed by atoms with Crippen LogP contribution in [-0.2, 0) is 11.2 Å². The van der Waals surface area contributed by atoms with Gasteiger partial charge >= 0.3 is 0 Å². The van der Waals surface area contributed by atoms with Crippen molar-refractivity contribution >= 4 is 11.8 Å². The number of nitrogens with one attached hydrogen (secondary N) is 1. The van der Waals surface area contributed by atoms with Crippen molar-refractivity contribution in [3.05, 3.63) is 65.0 Å². The van der Waals surface area contributed by atoms with Crippen LogP contribution < -0.4 is 5.32 Å². The number of amides is 2. The summed E-state index contributed by atoms with van der Waals surface area (Å²) in [6.07, 6.45) is 3.56. The largest absolute Gasteiger partial charge is 0.352 e. The van der Waals surface area contributed by atoms with Crippen LogP contribution in [-0.4, -0.2) is 41.3 Å². The molecule has 0 atom stereocenters. The van der Waals surface area contributed by atoms with Crippen LogP contribution in [0.5, 0.6) is 0 Å². The molecule has 5 heteroatoms. The third-order valence-corrected chi connectivity index (χ3v) is 5.41. The van der Waals surface area contributed by atoms with Gasteiger partial charge in [-0.1, -0.05) is 30.3 Å². The number of benzene rings is 1. The van der Waals surface area contributed by atoms with Crippen molar-refractivity contribution in [3.8, 4) is 0 Å². The summed E-state index contributed by atoms with van der Waals surface area (Å²) >= 11 is 0. The third kappa shape index (κ3) is 5.18. The van der Waals surface area contributed by atoms with Crippen LogP contribution in [0.4, 0.5) is 0 Å². The number of carbonyl (C=O) groups is 2. The molecule has 0 saturated carbocycles. The minimum absolute atomic E-state index is 0.0513. The van der Waals surface area contributed by atoms with Gasteiger partial charge in [0.05, 0.1) is 11.3 Å². The summed E-state index contributed by atoms with van der Waals surface area (Å²) in [6, 6.07) is 14.1. The van der Waals surface area contributed by atoms with Crippen molar-refractivity contribution in [1.29, 1.82) is 0 Å². The van der Waals surface area contributed by atoms with Gasteiger partial charge in [0, 0.05) is 38.2 Å². The highest BCUT2D eigenvalue weighted by atomic mass is 16.2. The highest BCUT2D eigenvalue weighted by molar-refractivity contribution is 5.95. The van der Waals surface area contributed by atoms with E-state index < -0.39 is 0 Å². The van der Waals surface area contributed by atoms with E-state index in [0.717, 1.165) is 50.2 Å². The number of aromatic nitrogens is 1. The second kappa shape index (κ2) is 9.49. The molecule has 148 valence electrons. The van der Waals surface area contributed by atoms with Crippen LogP contribution in [0.15, 0.2) is 42.5 Å². The van der Waals surface area contributed by atoms with Gasteiger partial charge in [0.25, 0.3) is 5.91 Å². The van der Waals surface area contributed by atoms with E-state index in [4.69, 9.17) is 4.98 Å². The van der Waals surface area contributed by atoms with Crippen LogP contribution in [0, 0.1) is 6.92 Å². The molecule has 3 rings (SSSR count). The van der Waals surface area contributed by atoms with Gasteiger partial charge in [-0.25, -0.2) is 0 Å². The molecular weight excluding hydrogens is 350 g/mol. The Bertz CT molecular complexity index is 812. The molecule has 2 amide bonds. The molecule has 1 aromatic heterocycles. The van der Waals surface area contributed by atoms with E-state index in [1.54, 1.807) is 6.92 Å². The molecule has 1 aliphatic heterocycles. The molecule has 0 unspecified atom stereocenters. The van der Waals surface area contributed by atoms with Crippen molar-refractivity contribution in [2.45, 2.75) is 45.4 Å². The Kier molecular flexibility index (Phi) is 6.80. The average Bonchev–Trinajstić information content (AvgIpc) is 2.72. The lowest BCUT2D eigenvalue weighted by Gasteiger charge is -2.31. The van der Waals surface area contributed by atoms with E-state index in [1.165, 1.54) is 5.56 Å². The van der Waals surface area contributed by atoms with Crippen LogP contribution in [0.25, 0.3) is 0 Å². The lowest BCUT2D eigenvalue weighted by molar-refractivity contribution is -0.129. The van der Waals surface area contributed by atoms with Crippen LogP contribution in [0.1, 0.15) is 59.4 Å². The molecule has 0 spiro atoms. The zero-order valence-electron chi connectivity index (χ0n) is 16.8. The van der Waals surface area contributed by atoms with Gasteiger partial charge in [-0.2, -0.15) is 0 Å². The summed E-state index contributed by atoms with van der Waals surface area (Å²) in [4.78, 5) is 30.9. The zero-order valence-corrected chi connectivity index (χ0v) is 16.8. The fourth-order valence-electron chi connectivity index (χ4n) is 3.78. The molecule has 1 N–H and O–H groups in total. The Hall–Kier alpha value is -2.69. The standard InChI is InChI=1S/C23H29N3O2/c1-17-10-11-21(22(25-17)20-12-15-26(16-13-20)18(2)27)23(28)24-14-6-9-19-7-4-3-5-8-19/h3-5,7-8,10-11,20H,6,9,12-16H2,1-2H3,(H,24,28). The zero-order chi connectivity index (χ0) is 19.9. The van der Waals surface area contributed by atoms with Gasteiger partial charge in [-0.3, -0.25) is 14.6 Å². The molecule has 2 heterocycles. The summed E-state index contributed by atoms with van der Waals surface area (Å²) in [7, 11) is 0. The molecule has 1 fully saturated rings. The minimum Gasteiger partial charge on any atom is -0.352 e. The summed E-state index contributed by atoms with van der Waals surface area (Å²) in [5, 5.41) is 3.05. The predicted octanol–water partition coefficient (Wildman–Crippen LogP) is 3.48. The normalized spacial score (nSPS) is 14.7.